The van der Waals surface area contributed by atoms with Crippen molar-refractivity contribution in [3.63, 3.8) is 0 Å². The summed E-state index contributed by atoms with van der Waals surface area (Å²) in [5, 5.41) is 2.47. The van der Waals surface area contributed by atoms with Crippen molar-refractivity contribution >= 4 is 12.1 Å². The molecule has 0 saturated heterocycles. The van der Waals surface area contributed by atoms with E-state index in [0.717, 1.165) is 0 Å². The van der Waals surface area contributed by atoms with E-state index in [-0.39, 0.29) is 6.42 Å². The molecule has 130 valence electrons. The number of methoxy groups -OCH3 is 2. The van der Waals surface area contributed by atoms with E-state index in [9.17, 15) is 9.59 Å². The van der Waals surface area contributed by atoms with E-state index in [4.69, 9.17) is 9.47 Å². The van der Waals surface area contributed by atoms with Gasteiger partial charge in [0.05, 0.1) is 19.8 Å². The minimum Gasteiger partial charge on any atom is -0.495 e. The van der Waals surface area contributed by atoms with Crippen molar-refractivity contribution in [1.82, 2.24) is 5.32 Å². The fourth-order valence-electron chi connectivity index (χ4n) is 1.78. The summed E-state index contributed by atoms with van der Waals surface area (Å²) in [4.78, 5) is 23.6. The lowest BCUT2D eigenvalue weighted by Gasteiger charge is -2.21. The van der Waals surface area contributed by atoms with Crippen molar-refractivity contribution in [2.24, 2.45) is 0 Å². The van der Waals surface area contributed by atoms with Gasteiger partial charge in [0, 0.05) is 6.42 Å². The molecule has 1 rings (SSSR count). The molecule has 0 aliphatic carbocycles. The number of hydrogen-bond acceptors (Lipinski definition) is 5. The summed E-state index contributed by atoms with van der Waals surface area (Å²) in [5.41, 5.74) is 0.0364. The van der Waals surface area contributed by atoms with Crippen LogP contribution < -0.4 is 10.1 Å². The van der Waals surface area contributed by atoms with Crippen molar-refractivity contribution in [3.8, 4) is 17.6 Å². The van der Waals surface area contributed by atoms with Gasteiger partial charge >= 0.3 is 12.1 Å². The van der Waals surface area contributed by atoms with E-state index in [0.29, 0.717) is 11.3 Å². The van der Waals surface area contributed by atoms with Gasteiger partial charge in [0.2, 0.25) is 0 Å². The van der Waals surface area contributed by atoms with Crippen LogP contribution in [0.1, 0.15) is 32.8 Å². The number of rotatable bonds is 4. The fraction of sp³-hybridized carbons (Fsp3) is 0.444. The van der Waals surface area contributed by atoms with Gasteiger partial charge in [-0.3, -0.25) is 0 Å². The van der Waals surface area contributed by atoms with Crippen LogP contribution >= 0.6 is 0 Å². The van der Waals surface area contributed by atoms with Gasteiger partial charge in [-0.05, 0) is 32.9 Å². The van der Waals surface area contributed by atoms with Crippen molar-refractivity contribution in [1.29, 1.82) is 0 Å². The molecule has 0 aliphatic heterocycles. The molecule has 1 aromatic carbocycles. The van der Waals surface area contributed by atoms with Gasteiger partial charge in [0.1, 0.15) is 17.4 Å². The molecule has 0 saturated carbocycles. The fourth-order valence-corrected chi connectivity index (χ4v) is 1.78. The average molecular weight is 333 g/mol. The molecule has 6 nitrogen and oxygen atoms in total. The number of carbonyl (C=O) groups excluding carboxylic acids is 2. The van der Waals surface area contributed by atoms with E-state index in [1.807, 2.05) is 12.1 Å². The summed E-state index contributed by atoms with van der Waals surface area (Å²) in [6.45, 7) is 5.21. The molecule has 0 heterocycles. The SMILES string of the molecule is COC(=O)C(CC#Cc1ccccc1OC)NC(=O)OC(C)(C)C. The second-order valence-electron chi connectivity index (χ2n) is 5.93. The van der Waals surface area contributed by atoms with Gasteiger partial charge in [-0.2, -0.15) is 0 Å². The largest absolute Gasteiger partial charge is 0.495 e. The van der Waals surface area contributed by atoms with Crippen LogP contribution in [0.3, 0.4) is 0 Å². The molecule has 1 N–H and O–H groups in total. The molecule has 0 radical (unpaired) electrons. The highest BCUT2D eigenvalue weighted by molar-refractivity contribution is 5.81. The Morgan fingerprint density at radius 1 is 1.21 bits per heavy atom. The summed E-state index contributed by atoms with van der Waals surface area (Å²) < 4.78 is 15.0. The van der Waals surface area contributed by atoms with Gasteiger partial charge in [0.25, 0.3) is 0 Å². The Kier molecular flexibility index (Phi) is 7.12. The Morgan fingerprint density at radius 3 is 2.46 bits per heavy atom. The lowest BCUT2D eigenvalue weighted by atomic mass is 10.1. The van der Waals surface area contributed by atoms with Crippen LogP contribution in [0.5, 0.6) is 5.75 Å². The van der Waals surface area contributed by atoms with Crippen LogP contribution in [-0.4, -0.2) is 37.9 Å². The number of alkyl carbamates (subject to hydrolysis) is 1. The maximum atomic E-state index is 11.8. The molecular formula is C18H23NO5. The summed E-state index contributed by atoms with van der Waals surface area (Å²) >= 11 is 0. The van der Waals surface area contributed by atoms with Crippen molar-refractivity contribution in [2.75, 3.05) is 14.2 Å². The maximum Gasteiger partial charge on any atom is 0.408 e. The molecule has 0 fully saturated rings. The van der Waals surface area contributed by atoms with Crippen LogP contribution in [0.2, 0.25) is 0 Å². The molecule has 1 aromatic rings. The zero-order chi connectivity index (χ0) is 18.2. The number of amides is 1. The second-order valence-corrected chi connectivity index (χ2v) is 5.93. The Labute approximate surface area is 142 Å². The number of ether oxygens (including phenoxy) is 3. The van der Waals surface area contributed by atoms with Crippen LogP contribution in [-0.2, 0) is 14.3 Å². The predicted molar refractivity (Wildman–Crippen MR) is 89.7 cm³/mol. The zero-order valence-electron chi connectivity index (χ0n) is 14.6. The number of esters is 1. The highest BCUT2D eigenvalue weighted by atomic mass is 16.6. The van der Waals surface area contributed by atoms with Gasteiger partial charge in [-0.25, -0.2) is 9.59 Å². The molecule has 1 unspecified atom stereocenters. The molecule has 1 atom stereocenters. The van der Waals surface area contributed by atoms with Gasteiger partial charge in [-0.1, -0.05) is 24.0 Å². The molecule has 6 heteroatoms. The standard InChI is InChI=1S/C18H23NO5/c1-18(2,3)24-17(21)19-14(16(20)23-5)11-8-10-13-9-6-7-12-15(13)22-4/h6-7,9,12,14H,11H2,1-5H3,(H,19,21). The Morgan fingerprint density at radius 2 is 1.88 bits per heavy atom. The lowest BCUT2D eigenvalue weighted by Crippen LogP contribution is -2.43. The number of para-hydroxylation sites is 1. The minimum atomic E-state index is -0.910. The summed E-state index contributed by atoms with van der Waals surface area (Å²) in [5.74, 6) is 5.83. The van der Waals surface area contributed by atoms with Crippen molar-refractivity contribution in [2.45, 2.75) is 38.8 Å². The molecule has 1 amide bonds. The van der Waals surface area contributed by atoms with Crippen LogP contribution in [0.4, 0.5) is 4.79 Å². The van der Waals surface area contributed by atoms with E-state index >= 15 is 0 Å². The van der Waals surface area contributed by atoms with E-state index in [2.05, 4.69) is 21.9 Å². The number of carbonyl (C=O) groups is 2. The lowest BCUT2D eigenvalue weighted by molar-refractivity contribution is -0.143. The first-order valence-corrected chi connectivity index (χ1v) is 7.46. The van der Waals surface area contributed by atoms with E-state index < -0.39 is 23.7 Å². The second kappa shape index (κ2) is 8.82. The third-order valence-electron chi connectivity index (χ3n) is 2.81. The first-order valence-electron chi connectivity index (χ1n) is 7.46. The molecular weight excluding hydrogens is 310 g/mol. The number of benzene rings is 1. The van der Waals surface area contributed by atoms with Crippen LogP contribution in [0, 0.1) is 11.8 Å². The first-order chi connectivity index (χ1) is 11.3. The Balaban J connectivity index is 2.80. The predicted octanol–water partition coefficient (Wildman–Crippen LogP) is 2.50. The summed E-state index contributed by atoms with van der Waals surface area (Å²) in [6, 6.07) is 6.36. The maximum absolute atomic E-state index is 11.8. The smallest absolute Gasteiger partial charge is 0.408 e. The van der Waals surface area contributed by atoms with Gasteiger partial charge in [-0.15, -0.1) is 0 Å². The third-order valence-corrected chi connectivity index (χ3v) is 2.81. The molecule has 0 aromatic heterocycles. The molecule has 24 heavy (non-hydrogen) atoms. The molecule has 0 spiro atoms. The van der Waals surface area contributed by atoms with E-state index in [1.165, 1.54) is 7.11 Å². The van der Waals surface area contributed by atoms with Crippen LogP contribution in [0.25, 0.3) is 0 Å². The van der Waals surface area contributed by atoms with Crippen molar-refractivity contribution < 1.29 is 23.8 Å². The third kappa shape index (κ3) is 6.61. The zero-order valence-corrected chi connectivity index (χ0v) is 14.6. The van der Waals surface area contributed by atoms with Gasteiger partial charge in [0.15, 0.2) is 0 Å². The number of hydrogen-bond donors (Lipinski definition) is 1. The normalized spacial score (nSPS) is 11.5. The minimum absolute atomic E-state index is 0.0873. The summed E-state index contributed by atoms with van der Waals surface area (Å²) in [6.07, 6.45) is -0.610. The van der Waals surface area contributed by atoms with E-state index in [1.54, 1.807) is 40.0 Å². The quantitative estimate of drug-likeness (QED) is 0.677. The Bertz CT molecular complexity index is 637. The monoisotopic (exact) mass is 333 g/mol. The Hall–Kier alpha value is -2.68. The highest BCUT2D eigenvalue weighted by Crippen LogP contribution is 2.15. The average Bonchev–Trinajstić information content (AvgIpc) is 2.51. The highest BCUT2D eigenvalue weighted by Gasteiger charge is 2.24. The topological polar surface area (TPSA) is 73.9 Å². The first kappa shape index (κ1) is 19.4. The molecule has 0 aliphatic rings. The van der Waals surface area contributed by atoms with Crippen molar-refractivity contribution in [3.05, 3.63) is 29.8 Å². The van der Waals surface area contributed by atoms with Gasteiger partial charge < -0.3 is 19.5 Å². The molecule has 0 bridgehead atoms. The number of nitrogens with one attached hydrogen (secondary N) is 1. The summed E-state index contributed by atoms with van der Waals surface area (Å²) in [7, 11) is 2.81. The van der Waals surface area contributed by atoms with Crippen LogP contribution in [0.15, 0.2) is 24.3 Å².